The molecule has 2 amide bonds. The number of rotatable bonds is 7. The predicted molar refractivity (Wildman–Crippen MR) is 146 cm³/mol. The normalized spacial score (nSPS) is 18.0. The molecule has 0 unspecified atom stereocenters. The minimum Gasteiger partial charge on any atom is -0.343 e. The van der Waals surface area contributed by atoms with Gasteiger partial charge in [0.1, 0.15) is 6.04 Å². The molecule has 9 heteroatoms. The zero-order valence-corrected chi connectivity index (χ0v) is 22.7. The summed E-state index contributed by atoms with van der Waals surface area (Å²) in [5, 5.41) is 2.72. The van der Waals surface area contributed by atoms with Crippen LogP contribution in [-0.2, 0) is 22.3 Å². The number of anilines is 1. The summed E-state index contributed by atoms with van der Waals surface area (Å²) in [5.74, 6) is -1.64. The second-order valence-corrected chi connectivity index (χ2v) is 11.0. The maximum absolute atomic E-state index is 13.9. The largest absolute Gasteiger partial charge is 0.416 e. The van der Waals surface area contributed by atoms with Crippen molar-refractivity contribution in [1.82, 2.24) is 5.32 Å². The molecule has 0 aromatic heterocycles. The van der Waals surface area contributed by atoms with E-state index in [1.807, 2.05) is 19.1 Å². The first-order valence-electron chi connectivity index (χ1n) is 13.4. The topological polar surface area (TPSA) is 83.6 Å². The van der Waals surface area contributed by atoms with Gasteiger partial charge in [0.25, 0.3) is 0 Å². The number of nitrogens with zero attached hydrogens (tertiary/aromatic N) is 1. The van der Waals surface area contributed by atoms with Crippen LogP contribution in [0.3, 0.4) is 0 Å². The average Bonchev–Trinajstić information content (AvgIpc) is 3.71. The molecule has 1 heterocycles. The Morgan fingerprint density at radius 3 is 2.29 bits per heavy atom. The Hall–Kier alpha value is -4.27. The van der Waals surface area contributed by atoms with Crippen LogP contribution in [0.2, 0.25) is 0 Å². The number of para-hydroxylation sites is 1. The molecule has 0 spiro atoms. The number of nitrogens with one attached hydrogen (secondary N) is 1. The standard InChI is InChI=1S/C32H29F3N2O4/c1-19-7-9-22(10-8-19)28(39)17-31(11-12-31)30(41)36-25-16-27(38)24-5-3-4-6-26(24)37(29(25)40)18-21-13-20(2)14-23(15-21)32(33,34)35/h3-10,13-15,25H,11-12,16-18H2,1-2H3,(H,36,41)/t25-/m1/s1. The maximum Gasteiger partial charge on any atom is 0.416 e. The molecular weight excluding hydrogens is 533 g/mol. The smallest absolute Gasteiger partial charge is 0.343 e. The number of benzene rings is 3. The Morgan fingerprint density at radius 2 is 1.63 bits per heavy atom. The third-order valence-electron chi connectivity index (χ3n) is 7.77. The summed E-state index contributed by atoms with van der Waals surface area (Å²) >= 11 is 0. The lowest BCUT2D eigenvalue weighted by Gasteiger charge is -2.27. The van der Waals surface area contributed by atoms with Gasteiger partial charge in [-0.05, 0) is 56.5 Å². The number of hydrogen-bond donors (Lipinski definition) is 1. The van der Waals surface area contributed by atoms with E-state index in [4.69, 9.17) is 0 Å². The van der Waals surface area contributed by atoms with Gasteiger partial charge in [-0.2, -0.15) is 13.2 Å². The van der Waals surface area contributed by atoms with E-state index in [1.165, 1.54) is 11.8 Å². The first-order valence-corrected chi connectivity index (χ1v) is 13.4. The summed E-state index contributed by atoms with van der Waals surface area (Å²) in [6.45, 7) is 3.22. The molecule has 212 valence electrons. The molecule has 0 bridgehead atoms. The quantitative estimate of drug-likeness (QED) is 0.359. The SMILES string of the molecule is Cc1ccc(C(=O)CC2(C(=O)N[C@@H]3CC(=O)c4ccccc4N(Cc4cc(C)cc(C(F)(F)F)c4)C3=O)CC2)cc1. The van der Waals surface area contributed by atoms with Gasteiger partial charge in [0.05, 0.1) is 23.2 Å². The average molecular weight is 563 g/mol. The molecule has 6 nitrogen and oxygen atoms in total. The molecular formula is C32H29F3N2O4. The fraction of sp³-hybridized carbons (Fsp3) is 0.312. The predicted octanol–water partition coefficient (Wildman–Crippen LogP) is 5.98. The van der Waals surface area contributed by atoms with Crippen molar-refractivity contribution in [3.8, 4) is 0 Å². The molecule has 41 heavy (non-hydrogen) atoms. The summed E-state index contributed by atoms with van der Waals surface area (Å²) in [6.07, 6.45) is -3.95. The van der Waals surface area contributed by atoms with Crippen molar-refractivity contribution >= 4 is 29.1 Å². The number of halogens is 3. The Labute approximate surface area is 235 Å². The van der Waals surface area contributed by atoms with Crippen molar-refractivity contribution in [3.05, 3.63) is 100 Å². The Balaban J connectivity index is 1.41. The molecule has 1 fully saturated rings. The van der Waals surface area contributed by atoms with Crippen LogP contribution in [0.5, 0.6) is 0 Å². The summed E-state index contributed by atoms with van der Waals surface area (Å²) < 4.78 is 40.5. The van der Waals surface area contributed by atoms with Crippen LogP contribution >= 0.6 is 0 Å². The van der Waals surface area contributed by atoms with Gasteiger partial charge in [-0.3, -0.25) is 19.2 Å². The number of alkyl halides is 3. The van der Waals surface area contributed by atoms with E-state index in [1.54, 1.807) is 42.5 Å². The van der Waals surface area contributed by atoms with Gasteiger partial charge in [0, 0.05) is 24.0 Å². The zero-order chi connectivity index (χ0) is 29.5. The van der Waals surface area contributed by atoms with Crippen LogP contribution in [0, 0.1) is 19.3 Å². The minimum atomic E-state index is -4.57. The molecule has 2 aliphatic rings. The number of ketones is 2. The summed E-state index contributed by atoms with van der Waals surface area (Å²) in [6, 6.07) is 15.8. The van der Waals surface area contributed by atoms with Crippen LogP contribution < -0.4 is 10.2 Å². The van der Waals surface area contributed by atoms with Crippen LogP contribution in [0.25, 0.3) is 0 Å². The van der Waals surface area contributed by atoms with Crippen molar-refractivity contribution in [3.63, 3.8) is 0 Å². The zero-order valence-electron chi connectivity index (χ0n) is 22.7. The van der Waals surface area contributed by atoms with Gasteiger partial charge in [-0.1, -0.05) is 53.6 Å². The molecule has 0 saturated heterocycles. The van der Waals surface area contributed by atoms with Gasteiger partial charge >= 0.3 is 6.18 Å². The lowest BCUT2D eigenvalue weighted by molar-refractivity contribution is -0.137. The monoisotopic (exact) mass is 562 g/mol. The molecule has 3 aromatic carbocycles. The molecule has 0 radical (unpaired) electrons. The number of fused-ring (bicyclic) bond motifs is 1. The van der Waals surface area contributed by atoms with E-state index < -0.39 is 35.0 Å². The number of carbonyl (C=O) groups excluding carboxylic acids is 4. The highest BCUT2D eigenvalue weighted by Crippen LogP contribution is 2.50. The first-order chi connectivity index (χ1) is 19.4. The molecule has 1 N–H and O–H groups in total. The fourth-order valence-electron chi connectivity index (χ4n) is 5.31. The van der Waals surface area contributed by atoms with Crippen LogP contribution in [-0.4, -0.2) is 29.4 Å². The highest BCUT2D eigenvalue weighted by molar-refractivity contribution is 6.13. The Morgan fingerprint density at radius 1 is 0.951 bits per heavy atom. The van der Waals surface area contributed by atoms with Crippen molar-refractivity contribution in [2.75, 3.05) is 4.90 Å². The van der Waals surface area contributed by atoms with Gasteiger partial charge in [0.15, 0.2) is 11.6 Å². The van der Waals surface area contributed by atoms with E-state index in [2.05, 4.69) is 5.32 Å². The lowest BCUT2D eigenvalue weighted by Crippen LogP contribution is -2.50. The fourth-order valence-corrected chi connectivity index (χ4v) is 5.31. The highest BCUT2D eigenvalue weighted by atomic mass is 19.4. The molecule has 1 saturated carbocycles. The summed E-state index contributed by atoms with van der Waals surface area (Å²) in [7, 11) is 0. The number of amides is 2. The third-order valence-corrected chi connectivity index (χ3v) is 7.77. The number of Topliss-reactive ketones (excluding diaryl/α,β-unsaturated/α-hetero) is 2. The van der Waals surface area contributed by atoms with Gasteiger partial charge in [-0.25, -0.2) is 0 Å². The summed E-state index contributed by atoms with van der Waals surface area (Å²) in [5.41, 5.74) is 0.826. The van der Waals surface area contributed by atoms with Crippen molar-refractivity contribution in [1.29, 1.82) is 0 Å². The van der Waals surface area contributed by atoms with E-state index in [0.29, 0.717) is 24.0 Å². The first kappa shape index (κ1) is 28.3. The Bertz CT molecular complexity index is 1540. The highest BCUT2D eigenvalue weighted by Gasteiger charge is 2.52. The van der Waals surface area contributed by atoms with E-state index in [9.17, 15) is 32.3 Å². The third kappa shape index (κ3) is 5.94. The maximum atomic E-state index is 13.9. The van der Waals surface area contributed by atoms with E-state index >= 15 is 0 Å². The molecule has 1 aliphatic heterocycles. The van der Waals surface area contributed by atoms with Gasteiger partial charge in [0.2, 0.25) is 11.8 Å². The lowest BCUT2D eigenvalue weighted by atomic mass is 9.93. The second kappa shape index (κ2) is 10.6. The molecule has 1 atom stereocenters. The van der Waals surface area contributed by atoms with Crippen molar-refractivity contribution in [2.24, 2.45) is 5.41 Å². The summed E-state index contributed by atoms with van der Waals surface area (Å²) in [4.78, 5) is 54.7. The van der Waals surface area contributed by atoms with Crippen LogP contribution in [0.4, 0.5) is 18.9 Å². The van der Waals surface area contributed by atoms with Crippen LogP contribution in [0.1, 0.15) is 68.7 Å². The van der Waals surface area contributed by atoms with Crippen molar-refractivity contribution in [2.45, 2.75) is 58.3 Å². The van der Waals surface area contributed by atoms with Crippen LogP contribution in [0.15, 0.2) is 66.7 Å². The Kier molecular flexibility index (Phi) is 7.32. The van der Waals surface area contributed by atoms with Gasteiger partial charge < -0.3 is 10.2 Å². The number of carbonyl (C=O) groups is 4. The molecule has 3 aromatic rings. The van der Waals surface area contributed by atoms with Crippen molar-refractivity contribution < 1.29 is 32.3 Å². The molecule has 5 rings (SSSR count). The van der Waals surface area contributed by atoms with E-state index in [0.717, 1.165) is 17.7 Å². The number of hydrogen-bond acceptors (Lipinski definition) is 4. The van der Waals surface area contributed by atoms with Gasteiger partial charge in [-0.15, -0.1) is 0 Å². The minimum absolute atomic E-state index is 0.0236. The molecule has 1 aliphatic carbocycles. The van der Waals surface area contributed by atoms with E-state index in [-0.39, 0.29) is 47.8 Å². The second-order valence-electron chi connectivity index (χ2n) is 11.0. The number of aryl methyl sites for hydroxylation is 2.